The summed E-state index contributed by atoms with van der Waals surface area (Å²) in [5.74, 6) is -2.92. The van der Waals surface area contributed by atoms with Crippen LogP contribution in [0.4, 0.5) is 0 Å². The summed E-state index contributed by atoms with van der Waals surface area (Å²) in [6.45, 7) is 0. The van der Waals surface area contributed by atoms with Crippen molar-refractivity contribution in [2.24, 2.45) is 0 Å². The van der Waals surface area contributed by atoms with Crippen molar-refractivity contribution in [1.82, 2.24) is 0 Å². The molecule has 0 amide bonds. The average molecular weight is 362 g/mol. The van der Waals surface area contributed by atoms with E-state index in [4.69, 9.17) is 46.4 Å². The molecule has 80 valence electrons. The molecule has 9 heteroatoms. The molecular weight excluding hydrogens is 360 g/mol. The summed E-state index contributed by atoms with van der Waals surface area (Å²) in [4.78, 5) is 15.9. The minimum absolute atomic E-state index is 0. The minimum Gasteiger partial charge on any atom is -0.547 e. The molecule has 4 nitrogen and oxygen atoms in total. The van der Waals surface area contributed by atoms with Gasteiger partial charge in [0.2, 0.25) is 0 Å². The van der Waals surface area contributed by atoms with Crippen LogP contribution in [0.2, 0.25) is 0 Å². The molecule has 0 atom stereocenters. The van der Waals surface area contributed by atoms with Crippen molar-refractivity contribution in [1.29, 1.82) is 0 Å². The Balaban J connectivity index is -0.000000143. The standard InChI is InChI=1S/2C2H2Cl2O2.Pd/c2*3-1(4)2(5)6;/h2*1H,(H,5,6);/q;;+2/p-2. The molecule has 0 spiro atoms. The van der Waals surface area contributed by atoms with E-state index in [1.807, 2.05) is 0 Å². The van der Waals surface area contributed by atoms with Crippen LogP contribution in [-0.2, 0) is 30.0 Å². The summed E-state index contributed by atoms with van der Waals surface area (Å²) in [5.41, 5.74) is 0. The Morgan fingerprint density at radius 2 is 0.923 bits per heavy atom. The maximum absolute atomic E-state index is 9.32. The number of hydrogen-bond donors (Lipinski definition) is 0. The average Bonchev–Trinajstić information content (AvgIpc) is 1.88. The molecule has 0 unspecified atom stereocenters. The van der Waals surface area contributed by atoms with Gasteiger partial charge in [0.1, 0.15) is 9.67 Å². The van der Waals surface area contributed by atoms with Gasteiger partial charge in [-0.3, -0.25) is 0 Å². The van der Waals surface area contributed by atoms with E-state index in [9.17, 15) is 19.8 Å². The van der Waals surface area contributed by atoms with Gasteiger partial charge in [0.15, 0.2) is 0 Å². The van der Waals surface area contributed by atoms with Crippen LogP contribution < -0.4 is 10.2 Å². The van der Waals surface area contributed by atoms with Crippen molar-refractivity contribution >= 4 is 58.3 Å². The predicted octanol–water partition coefficient (Wildman–Crippen LogP) is -0.922. The van der Waals surface area contributed by atoms with Crippen molar-refractivity contribution in [2.75, 3.05) is 0 Å². The van der Waals surface area contributed by atoms with Crippen LogP contribution in [0.3, 0.4) is 0 Å². The third-order valence-corrected chi connectivity index (χ3v) is 1.07. The number of rotatable bonds is 2. The molecule has 0 aromatic rings. The zero-order valence-corrected chi connectivity index (χ0v) is 10.2. The smallest absolute Gasteiger partial charge is 0.547 e. The Morgan fingerprint density at radius 1 is 0.846 bits per heavy atom. The zero-order valence-electron chi connectivity index (χ0n) is 5.62. The second kappa shape index (κ2) is 10.8. The molecule has 0 saturated heterocycles. The van der Waals surface area contributed by atoms with Crippen LogP contribution in [-0.4, -0.2) is 21.6 Å². The Bertz CT molecular complexity index is 144. The minimum atomic E-state index is -1.46. The molecule has 0 bridgehead atoms. The SMILES string of the molecule is O=C([O-])C(Cl)Cl.O=C([O-])C(Cl)Cl.[Pd+2]. The molecule has 13 heavy (non-hydrogen) atoms. The molecule has 0 saturated carbocycles. The largest absolute Gasteiger partial charge is 2.00 e. The third-order valence-electron chi connectivity index (χ3n) is 0.356. The van der Waals surface area contributed by atoms with Gasteiger partial charge in [-0.05, 0) is 0 Å². The molecule has 0 aliphatic rings. The Morgan fingerprint density at radius 3 is 0.923 bits per heavy atom. The predicted molar refractivity (Wildman–Crippen MR) is 41.0 cm³/mol. The molecule has 0 fully saturated rings. The molecule has 0 aromatic carbocycles. The van der Waals surface area contributed by atoms with Crippen LogP contribution in [0.25, 0.3) is 0 Å². The monoisotopic (exact) mass is 360 g/mol. The number of carbonyl (C=O) groups is 2. The van der Waals surface area contributed by atoms with Gasteiger partial charge in [0.25, 0.3) is 0 Å². The summed E-state index contributed by atoms with van der Waals surface area (Å²) in [7, 11) is 0. The van der Waals surface area contributed by atoms with Crippen molar-refractivity contribution in [2.45, 2.75) is 9.67 Å². The molecular formula is C4H2Cl4O4Pd. The van der Waals surface area contributed by atoms with Gasteiger partial charge in [0, 0.05) is 0 Å². The molecule has 0 heterocycles. The van der Waals surface area contributed by atoms with E-state index >= 15 is 0 Å². The molecule has 0 rings (SSSR count). The first-order chi connectivity index (χ1) is 5.29. The summed E-state index contributed by atoms with van der Waals surface area (Å²) in [6.07, 6.45) is 0. The van der Waals surface area contributed by atoms with Gasteiger partial charge in [-0.15, -0.1) is 0 Å². The Labute approximate surface area is 108 Å². The normalized spacial score (nSPS) is 8.46. The maximum atomic E-state index is 9.32. The topological polar surface area (TPSA) is 80.3 Å². The summed E-state index contributed by atoms with van der Waals surface area (Å²) in [5, 5.41) is 18.6. The molecule has 0 aliphatic carbocycles. The van der Waals surface area contributed by atoms with E-state index in [0.717, 1.165) is 0 Å². The fourth-order valence-electron chi connectivity index (χ4n) is 0. The van der Waals surface area contributed by atoms with Crippen LogP contribution in [0.5, 0.6) is 0 Å². The molecule has 0 aliphatic heterocycles. The fraction of sp³-hybridized carbons (Fsp3) is 0.500. The van der Waals surface area contributed by atoms with E-state index in [-0.39, 0.29) is 20.4 Å². The number of carbonyl (C=O) groups excluding carboxylic acids is 2. The molecule has 0 N–H and O–H groups in total. The zero-order chi connectivity index (χ0) is 10.3. The fourth-order valence-corrected chi connectivity index (χ4v) is 0. The van der Waals surface area contributed by atoms with Crippen molar-refractivity contribution in [3.05, 3.63) is 0 Å². The number of alkyl halides is 4. The number of hydrogen-bond acceptors (Lipinski definition) is 4. The van der Waals surface area contributed by atoms with Gasteiger partial charge in [-0.2, -0.15) is 0 Å². The molecule has 0 radical (unpaired) electrons. The van der Waals surface area contributed by atoms with E-state index in [2.05, 4.69) is 0 Å². The van der Waals surface area contributed by atoms with E-state index < -0.39 is 21.6 Å². The van der Waals surface area contributed by atoms with Crippen molar-refractivity contribution in [3.8, 4) is 0 Å². The van der Waals surface area contributed by atoms with Crippen LogP contribution in [0.15, 0.2) is 0 Å². The Hall–Kier alpha value is 0.762. The number of carboxylic acid groups (broad SMARTS) is 2. The third kappa shape index (κ3) is 19.3. The van der Waals surface area contributed by atoms with Crippen LogP contribution in [0.1, 0.15) is 0 Å². The number of aliphatic carboxylic acids is 2. The summed E-state index contributed by atoms with van der Waals surface area (Å²) in [6, 6.07) is 0. The second-order valence-corrected chi connectivity index (χ2v) is 3.43. The first kappa shape index (κ1) is 19.4. The quantitative estimate of drug-likeness (QED) is 0.470. The van der Waals surface area contributed by atoms with Gasteiger partial charge < -0.3 is 19.8 Å². The first-order valence-electron chi connectivity index (χ1n) is 2.27. The van der Waals surface area contributed by atoms with E-state index in [1.165, 1.54) is 0 Å². The van der Waals surface area contributed by atoms with E-state index in [1.54, 1.807) is 0 Å². The van der Waals surface area contributed by atoms with Crippen LogP contribution >= 0.6 is 46.4 Å². The first-order valence-corrected chi connectivity index (χ1v) is 4.01. The van der Waals surface area contributed by atoms with Gasteiger partial charge in [-0.1, -0.05) is 46.4 Å². The van der Waals surface area contributed by atoms with Gasteiger partial charge in [-0.25, -0.2) is 0 Å². The Kier molecular flexibility index (Phi) is 16.1. The van der Waals surface area contributed by atoms with E-state index in [0.29, 0.717) is 0 Å². The summed E-state index contributed by atoms with van der Waals surface area (Å²) >= 11 is 18.9. The number of halogens is 4. The number of carboxylic acids is 2. The second-order valence-electron chi connectivity index (χ2n) is 1.24. The van der Waals surface area contributed by atoms with Crippen molar-refractivity contribution < 1.29 is 40.2 Å². The van der Waals surface area contributed by atoms with Crippen LogP contribution in [0, 0.1) is 0 Å². The van der Waals surface area contributed by atoms with Gasteiger partial charge >= 0.3 is 20.4 Å². The maximum Gasteiger partial charge on any atom is 2.00 e. The molecule has 0 aromatic heterocycles. The van der Waals surface area contributed by atoms with Crippen molar-refractivity contribution in [3.63, 3.8) is 0 Å². The van der Waals surface area contributed by atoms with Gasteiger partial charge in [0.05, 0.1) is 11.9 Å². The summed E-state index contributed by atoms with van der Waals surface area (Å²) < 4.78 is 0.